The van der Waals surface area contributed by atoms with Crippen LogP contribution in [0.1, 0.15) is 30.1 Å². The highest BCUT2D eigenvalue weighted by Crippen LogP contribution is 2.20. The molecule has 0 aromatic heterocycles. The molecular weight excluding hydrogens is 394 g/mol. The molecule has 0 amide bonds. The summed E-state index contributed by atoms with van der Waals surface area (Å²) in [5.41, 5.74) is 1.75. The number of carbonyl (C=O) groups is 3. The lowest BCUT2D eigenvalue weighted by Crippen LogP contribution is -2.25. The van der Waals surface area contributed by atoms with Crippen molar-refractivity contribution in [1.29, 1.82) is 0 Å². The van der Waals surface area contributed by atoms with Crippen molar-refractivity contribution in [3.8, 4) is 16.9 Å². The number of oxime groups is 1. The third kappa shape index (κ3) is 5.96. The summed E-state index contributed by atoms with van der Waals surface area (Å²) in [4.78, 5) is 41.9. The SMILES string of the molecule is CCCC(=O)C(=NOC(=O)Oc1ccccc1)C(=O)c1ccc(-c2ccccc2)cc1. The van der Waals surface area contributed by atoms with Gasteiger partial charge in [0.1, 0.15) is 5.75 Å². The highest BCUT2D eigenvalue weighted by Gasteiger charge is 2.23. The first-order valence-corrected chi connectivity index (χ1v) is 9.83. The summed E-state index contributed by atoms with van der Waals surface area (Å²) in [5.74, 6) is -0.871. The number of para-hydroxylation sites is 1. The Morgan fingerprint density at radius 2 is 1.35 bits per heavy atom. The molecule has 0 saturated carbocycles. The van der Waals surface area contributed by atoms with E-state index in [2.05, 4.69) is 5.16 Å². The number of Topliss-reactive ketones (excluding diaryl/α,β-unsaturated/α-hetero) is 2. The fraction of sp³-hybridized carbons (Fsp3) is 0.120. The van der Waals surface area contributed by atoms with Crippen LogP contribution in [0.4, 0.5) is 4.79 Å². The highest BCUT2D eigenvalue weighted by atomic mass is 16.8. The molecule has 0 aliphatic heterocycles. The van der Waals surface area contributed by atoms with Crippen molar-refractivity contribution in [2.45, 2.75) is 19.8 Å². The van der Waals surface area contributed by atoms with Crippen LogP contribution < -0.4 is 4.74 Å². The van der Waals surface area contributed by atoms with Crippen LogP contribution in [0.5, 0.6) is 5.75 Å². The highest BCUT2D eigenvalue weighted by molar-refractivity contribution is 6.69. The predicted octanol–water partition coefficient (Wildman–Crippen LogP) is 5.48. The van der Waals surface area contributed by atoms with Gasteiger partial charge in [-0.2, -0.15) is 0 Å². The molecule has 6 heteroatoms. The number of carbonyl (C=O) groups excluding carboxylic acids is 3. The first-order chi connectivity index (χ1) is 15.1. The normalized spacial score (nSPS) is 10.9. The molecule has 3 rings (SSSR count). The van der Waals surface area contributed by atoms with Gasteiger partial charge in [0.2, 0.25) is 5.78 Å². The summed E-state index contributed by atoms with van der Waals surface area (Å²) in [7, 11) is 0. The number of hydrogen-bond donors (Lipinski definition) is 0. The van der Waals surface area contributed by atoms with E-state index >= 15 is 0 Å². The summed E-state index contributed by atoms with van der Waals surface area (Å²) in [5, 5.41) is 3.54. The second-order valence-electron chi connectivity index (χ2n) is 6.64. The van der Waals surface area contributed by atoms with Gasteiger partial charge >= 0.3 is 6.16 Å². The van der Waals surface area contributed by atoms with Crippen molar-refractivity contribution in [2.24, 2.45) is 5.16 Å². The molecule has 31 heavy (non-hydrogen) atoms. The van der Waals surface area contributed by atoms with Crippen molar-refractivity contribution in [2.75, 3.05) is 0 Å². The summed E-state index contributed by atoms with van der Waals surface area (Å²) < 4.78 is 4.96. The molecular formula is C25H21NO5. The van der Waals surface area contributed by atoms with E-state index in [0.29, 0.717) is 6.42 Å². The Kier molecular flexibility index (Phi) is 7.43. The first kappa shape index (κ1) is 21.6. The van der Waals surface area contributed by atoms with E-state index in [1.54, 1.807) is 61.5 Å². The standard InChI is InChI=1S/C25H21NO5/c1-2-9-22(27)23(26-31-25(29)30-21-12-7-4-8-13-21)24(28)20-16-14-19(15-17-20)18-10-5-3-6-11-18/h3-8,10-17H,2,9H2,1H3. The van der Waals surface area contributed by atoms with Gasteiger partial charge < -0.3 is 4.74 Å². The molecule has 0 aliphatic rings. The summed E-state index contributed by atoms with van der Waals surface area (Å²) in [6, 6.07) is 24.8. The zero-order valence-electron chi connectivity index (χ0n) is 17.0. The van der Waals surface area contributed by atoms with E-state index in [9.17, 15) is 14.4 Å². The average molecular weight is 415 g/mol. The van der Waals surface area contributed by atoms with Gasteiger partial charge in [0.05, 0.1) is 0 Å². The fourth-order valence-electron chi connectivity index (χ4n) is 2.83. The van der Waals surface area contributed by atoms with Crippen LogP contribution in [-0.4, -0.2) is 23.4 Å². The Hall–Kier alpha value is -4.06. The van der Waals surface area contributed by atoms with E-state index in [-0.39, 0.29) is 17.7 Å². The molecule has 0 fully saturated rings. The van der Waals surface area contributed by atoms with E-state index in [4.69, 9.17) is 9.57 Å². The number of ketones is 2. The van der Waals surface area contributed by atoms with Gasteiger partial charge in [-0.25, -0.2) is 4.79 Å². The third-order valence-corrected chi connectivity index (χ3v) is 4.37. The third-order valence-electron chi connectivity index (χ3n) is 4.37. The number of benzene rings is 3. The average Bonchev–Trinajstić information content (AvgIpc) is 2.80. The maximum Gasteiger partial charge on any atom is 0.540 e. The number of nitrogens with zero attached hydrogens (tertiary/aromatic N) is 1. The van der Waals surface area contributed by atoms with Crippen LogP contribution in [0, 0.1) is 0 Å². The maximum atomic E-state index is 12.9. The molecule has 0 heterocycles. The Bertz CT molecular complexity index is 1070. The largest absolute Gasteiger partial charge is 0.540 e. The fourth-order valence-corrected chi connectivity index (χ4v) is 2.83. The lowest BCUT2D eigenvalue weighted by atomic mass is 9.98. The minimum absolute atomic E-state index is 0.101. The molecule has 0 atom stereocenters. The van der Waals surface area contributed by atoms with E-state index in [1.165, 1.54) is 0 Å². The van der Waals surface area contributed by atoms with Gasteiger partial charge in [-0.15, -0.1) is 0 Å². The minimum Gasteiger partial charge on any atom is -0.393 e. The van der Waals surface area contributed by atoms with Crippen molar-refractivity contribution in [3.05, 3.63) is 90.5 Å². The van der Waals surface area contributed by atoms with E-state index < -0.39 is 23.4 Å². The molecule has 3 aromatic rings. The van der Waals surface area contributed by atoms with Crippen molar-refractivity contribution >= 4 is 23.4 Å². The van der Waals surface area contributed by atoms with Crippen LogP contribution in [0.25, 0.3) is 11.1 Å². The van der Waals surface area contributed by atoms with E-state index in [1.807, 2.05) is 30.3 Å². The maximum absolute atomic E-state index is 12.9. The topological polar surface area (TPSA) is 82.0 Å². The molecule has 0 N–H and O–H groups in total. The molecule has 0 aliphatic carbocycles. The molecule has 6 nitrogen and oxygen atoms in total. The minimum atomic E-state index is -1.14. The molecule has 156 valence electrons. The van der Waals surface area contributed by atoms with Gasteiger partial charge in [0, 0.05) is 12.0 Å². The second-order valence-corrected chi connectivity index (χ2v) is 6.64. The van der Waals surface area contributed by atoms with Crippen molar-refractivity contribution in [3.63, 3.8) is 0 Å². The Labute approximate surface area is 180 Å². The van der Waals surface area contributed by atoms with Crippen LogP contribution in [-0.2, 0) is 9.63 Å². The Balaban J connectivity index is 1.77. The molecule has 0 unspecified atom stereocenters. The van der Waals surface area contributed by atoms with Gasteiger partial charge in [0.15, 0.2) is 11.5 Å². The summed E-state index contributed by atoms with van der Waals surface area (Å²) in [6.45, 7) is 1.80. The lowest BCUT2D eigenvalue weighted by molar-refractivity contribution is -0.113. The lowest BCUT2D eigenvalue weighted by Gasteiger charge is -2.06. The Morgan fingerprint density at radius 1 is 0.774 bits per heavy atom. The van der Waals surface area contributed by atoms with Gasteiger partial charge in [-0.1, -0.05) is 84.9 Å². The molecule has 0 bridgehead atoms. The monoisotopic (exact) mass is 415 g/mol. The molecule has 0 spiro atoms. The first-order valence-electron chi connectivity index (χ1n) is 9.83. The zero-order valence-corrected chi connectivity index (χ0v) is 17.0. The van der Waals surface area contributed by atoms with Crippen molar-refractivity contribution < 1.29 is 24.0 Å². The number of hydrogen-bond acceptors (Lipinski definition) is 6. The molecule has 3 aromatic carbocycles. The van der Waals surface area contributed by atoms with Gasteiger partial charge in [0.25, 0.3) is 0 Å². The van der Waals surface area contributed by atoms with E-state index in [0.717, 1.165) is 11.1 Å². The van der Waals surface area contributed by atoms with Gasteiger partial charge in [-0.3, -0.25) is 14.4 Å². The Morgan fingerprint density at radius 3 is 1.97 bits per heavy atom. The number of rotatable bonds is 8. The summed E-state index contributed by atoms with van der Waals surface area (Å²) in [6.07, 6.45) is -0.517. The van der Waals surface area contributed by atoms with Crippen LogP contribution >= 0.6 is 0 Å². The quantitative estimate of drug-likeness (QED) is 0.0926. The smallest absolute Gasteiger partial charge is 0.393 e. The number of ether oxygens (including phenoxy) is 1. The van der Waals surface area contributed by atoms with Crippen LogP contribution in [0.3, 0.4) is 0 Å². The second kappa shape index (κ2) is 10.6. The zero-order chi connectivity index (χ0) is 22.1. The van der Waals surface area contributed by atoms with Crippen molar-refractivity contribution in [1.82, 2.24) is 0 Å². The molecule has 0 saturated heterocycles. The van der Waals surface area contributed by atoms with Crippen LogP contribution in [0.15, 0.2) is 90.1 Å². The van der Waals surface area contributed by atoms with Gasteiger partial charge in [-0.05, 0) is 29.7 Å². The predicted molar refractivity (Wildman–Crippen MR) is 117 cm³/mol. The summed E-state index contributed by atoms with van der Waals surface area (Å²) >= 11 is 0. The van der Waals surface area contributed by atoms with Crippen LogP contribution in [0.2, 0.25) is 0 Å². The molecule has 0 radical (unpaired) electrons.